The lowest BCUT2D eigenvalue weighted by Crippen LogP contribution is -2.60. The normalized spacial score (nSPS) is 22.4. The summed E-state index contributed by atoms with van der Waals surface area (Å²) in [4.78, 5) is 17.0. The van der Waals surface area contributed by atoms with Crippen molar-refractivity contribution < 1.29 is 9.18 Å². The number of amides is 1. The lowest BCUT2D eigenvalue weighted by atomic mass is 9.95. The van der Waals surface area contributed by atoms with Gasteiger partial charge in [-0.3, -0.25) is 10.1 Å². The molecule has 152 valence electrons. The Balaban J connectivity index is 1.68. The van der Waals surface area contributed by atoms with Gasteiger partial charge in [0.25, 0.3) is 0 Å². The van der Waals surface area contributed by atoms with E-state index in [0.717, 1.165) is 19.3 Å². The molecule has 0 aromatic heterocycles. The molecule has 5 nitrogen and oxygen atoms in total. The molecule has 7 heteroatoms. The molecule has 2 heterocycles. The van der Waals surface area contributed by atoms with Gasteiger partial charge in [-0.15, -0.1) is 6.58 Å². The first-order chi connectivity index (χ1) is 13.4. The van der Waals surface area contributed by atoms with Crippen LogP contribution in [0.5, 0.6) is 0 Å². The summed E-state index contributed by atoms with van der Waals surface area (Å²) in [6.07, 6.45) is 4.26. The molecule has 2 aliphatic rings. The third-order valence-corrected chi connectivity index (χ3v) is 6.35. The van der Waals surface area contributed by atoms with Crippen LogP contribution in [0.15, 0.2) is 36.9 Å². The number of nitrogens with one attached hydrogen (secondary N) is 2. The average molecular weight is 405 g/mol. The van der Waals surface area contributed by atoms with Crippen LogP contribution in [-0.2, 0) is 4.79 Å². The van der Waals surface area contributed by atoms with Gasteiger partial charge < -0.3 is 15.1 Å². The SMILES string of the molecule is C=CCN1C(=O)[C@H]([C@@H](C)CC)NC12CCN(C(=S)Nc1ccccc1F)CC2. The van der Waals surface area contributed by atoms with Crippen LogP contribution >= 0.6 is 12.2 Å². The first-order valence-corrected chi connectivity index (χ1v) is 10.3. The Kier molecular flexibility index (Phi) is 6.35. The molecule has 3 rings (SSSR count). The molecule has 0 radical (unpaired) electrons. The van der Waals surface area contributed by atoms with Crippen LogP contribution in [0.2, 0.25) is 0 Å². The molecular formula is C21H29FN4OS. The number of thiocarbonyl (C=S) groups is 1. The summed E-state index contributed by atoms with van der Waals surface area (Å²) in [6, 6.07) is 6.35. The van der Waals surface area contributed by atoms with Gasteiger partial charge in [0, 0.05) is 32.5 Å². The number of nitrogens with zero attached hydrogens (tertiary/aromatic N) is 2. The largest absolute Gasteiger partial charge is 0.349 e. The topological polar surface area (TPSA) is 47.6 Å². The lowest BCUT2D eigenvalue weighted by molar-refractivity contribution is -0.133. The fraction of sp³-hybridized carbons (Fsp3) is 0.524. The second-order valence-electron chi connectivity index (χ2n) is 7.67. The monoisotopic (exact) mass is 404 g/mol. The number of para-hydroxylation sites is 1. The van der Waals surface area contributed by atoms with Gasteiger partial charge in [0.15, 0.2) is 5.11 Å². The predicted molar refractivity (Wildman–Crippen MR) is 114 cm³/mol. The van der Waals surface area contributed by atoms with Gasteiger partial charge in [-0.1, -0.05) is 38.5 Å². The molecule has 1 aromatic rings. The molecule has 1 amide bonds. The second kappa shape index (κ2) is 8.57. The molecule has 0 aliphatic carbocycles. The minimum atomic E-state index is -0.358. The van der Waals surface area contributed by atoms with Crippen molar-refractivity contribution in [1.29, 1.82) is 0 Å². The zero-order chi connectivity index (χ0) is 20.3. The van der Waals surface area contributed by atoms with Crippen molar-refractivity contribution in [2.45, 2.75) is 44.8 Å². The van der Waals surface area contributed by atoms with Crippen molar-refractivity contribution in [3.05, 3.63) is 42.7 Å². The van der Waals surface area contributed by atoms with Crippen molar-refractivity contribution in [2.75, 3.05) is 25.0 Å². The van der Waals surface area contributed by atoms with Gasteiger partial charge in [0.1, 0.15) is 5.82 Å². The molecule has 0 saturated carbocycles. The van der Waals surface area contributed by atoms with Crippen LogP contribution in [0.1, 0.15) is 33.1 Å². The number of anilines is 1. The van der Waals surface area contributed by atoms with E-state index in [9.17, 15) is 9.18 Å². The molecule has 28 heavy (non-hydrogen) atoms. The summed E-state index contributed by atoms with van der Waals surface area (Å²) < 4.78 is 13.9. The Bertz CT molecular complexity index is 748. The number of rotatable bonds is 5. The Morgan fingerprint density at radius 3 is 2.75 bits per heavy atom. The van der Waals surface area contributed by atoms with E-state index in [-0.39, 0.29) is 29.3 Å². The number of hydrogen-bond acceptors (Lipinski definition) is 3. The number of piperidine rings is 1. The average Bonchev–Trinajstić information content (AvgIpc) is 2.96. The molecule has 0 bridgehead atoms. The van der Waals surface area contributed by atoms with Crippen LogP contribution in [0.4, 0.5) is 10.1 Å². The van der Waals surface area contributed by atoms with Crippen molar-refractivity contribution in [2.24, 2.45) is 5.92 Å². The van der Waals surface area contributed by atoms with Crippen LogP contribution in [0.3, 0.4) is 0 Å². The van der Waals surface area contributed by atoms with Crippen LogP contribution in [-0.4, -0.2) is 52.2 Å². The number of carbonyl (C=O) groups excluding carboxylic acids is 1. The smallest absolute Gasteiger partial charge is 0.241 e. The van der Waals surface area contributed by atoms with E-state index in [2.05, 4.69) is 31.1 Å². The zero-order valence-corrected chi connectivity index (χ0v) is 17.4. The zero-order valence-electron chi connectivity index (χ0n) is 16.6. The summed E-state index contributed by atoms with van der Waals surface area (Å²) in [7, 11) is 0. The fourth-order valence-corrected chi connectivity index (χ4v) is 4.37. The predicted octanol–water partition coefficient (Wildman–Crippen LogP) is 3.35. The molecule has 2 aliphatic heterocycles. The molecule has 2 fully saturated rings. The Morgan fingerprint density at radius 2 is 2.14 bits per heavy atom. The first kappa shape index (κ1) is 20.7. The third kappa shape index (κ3) is 3.91. The van der Waals surface area contributed by atoms with Crippen molar-refractivity contribution >= 4 is 28.9 Å². The minimum Gasteiger partial charge on any atom is -0.349 e. The Morgan fingerprint density at radius 1 is 1.46 bits per heavy atom. The van der Waals surface area contributed by atoms with E-state index >= 15 is 0 Å². The second-order valence-corrected chi connectivity index (χ2v) is 8.06. The molecule has 1 aromatic carbocycles. The van der Waals surface area contributed by atoms with Gasteiger partial charge in [-0.25, -0.2) is 4.39 Å². The summed E-state index contributed by atoms with van der Waals surface area (Å²) in [5.74, 6) is 0.116. The Labute approximate surface area is 172 Å². The van der Waals surface area contributed by atoms with Crippen molar-refractivity contribution in [3.8, 4) is 0 Å². The summed E-state index contributed by atoms with van der Waals surface area (Å²) >= 11 is 5.50. The molecular weight excluding hydrogens is 375 g/mol. The van der Waals surface area contributed by atoms with E-state index < -0.39 is 0 Å². The molecule has 1 spiro atoms. The van der Waals surface area contributed by atoms with Gasteiger partial charge >= 0.3 is 0 Å². The number of benzene rings is 1. The maximum Gasteiger partial charge on any atom is 0.241 e. The quantitative estimate of drug-likeness (QED) is 0.582. The summed E-state index contributed by atoms with van der Waals surface area (Å²) in [5, 5.41) is 7.16. The lowest BCUT2D eigenvalue weighted by Gasteiger charge is -2.45. The van der Waals surface area contributed by atoms with Crippen molar-refractivity contribution in [3.63, 3.8) is 0 Å². The number of carbonyl (C=O) groups is 1. The highest BCUT2D eigenvalue weighted by Gasteiger charge is 2.52. The van der Waals surface area contributed by atoms with E-state index in [4.69, 9.17) is 12.2 Å². The first-order valence-electron chi connectivity index (χ1n) is 9.92. The van der Waals surface area contributed by atoms with Gasteiger partial charge in [-0.05, 0) is 30.3 Å². The van der Waals surface area contributed by atoms with Crippen molar-refractivity contribution in [1.82, 2.24) is 15.1 Å². The number of hydrogen-bond donors (Lipinski definition) is 2. The van der Waals surface area contributed by atoms with Gasteiger partial charge in [0.2, 0.25) is 5.91 Å². The number of likely N-dealkylation sites (tertiary alicyclic amines) is 1. The van der Waals surface area contributed by atoms with E-state index in [1.54, 1.807) is 24.3 Å². The highest BCUT2D eigenvalue weighted by atomic mass is 32.1. The van der Waals surface area contributed by atoms with Crippen LogP contribution in [0.25, 0.3) is 0 Å². The molecule has 2 saturated heterocycles. The molecule has 2 N–H and O–H groups in total. The standard InChI is InChI=1S/C21H29FN4OS/c1-4-12-26-19(27)18(15(3)5-2)24-21(26)10-13-25(14-11-21)20(28)23-17-9-7-6-8-16(17)22/h4,6-9,15,18,24H,1,5,10-14H2,2-3H3,(H,23,28)/t15-,18-/m0/s1. The van der Waals surface area contributed by atoms with Gasteiger partial charge in [0.05, 0.1) is 17.4 Å². The van der Waals surface area contributed by atoms with E-state index in [1.165, 1.54) is 6.07 Å². The maximum atomic E-state index is 13.9. The molecule has 2 atom stereocenters. The van der Waals surface area contributed by atoms with E-state index in [0.29, 0.717) is 30.4 Å². The van der Waals surface area contributed by atoms with Crippen LogP contribution in [0, 0.1) is 11.7 Å². The summed E-state index contributed by atoms with van der Waals surface area (Å²) in [6.45, 7) is 9.98. The third-order valence-electron chi connectivity index (χ3n) is 5.99. The highest BCUT2D eigenvalue weighted by molar-refractivity contribution is 7.80. The summed E-state index contributed by atoms with van der Waals surface area (Å²) in [5.41, 5.74) is 0.0239. The van der Waals surface area contributed by atoms with E-state index in [1.807, 2.05) is 9.80 Å². The molecule has 0 unspecified atom stereocenters. The Hall–Kier alpha value is -1.99. The highest BCUT2D eigenvalue weighted by Crippen LogP contribution is 2.35. The van der Waals surface area contributed by atoms with Gasteiger partial charge in [-0.2, -0.15) is 0 Å². The minimum absolute atomic E-state index is 0.153. The maximum absolute atomic E-state index is 13.9. The van der Waals surface area contributed by atoms with Crippen LogP contribution < -0.4 is 10.6 Å². The number of halogens is 1. The fourth-order valence-electron chi connectivity index (χ4n) is 4.07.